The summed E-state index contributed by atoms with van der Waals surface area (Å²) in [7, 11) is 0. The zero-order valence-corrected chi connectivity index (χ0v) is 14.0. The van der Waals surface area contributed by atoms with Gasteiger partial charge in [-0.2, -0.15) is 5.10 Å². The van der Waals surface area contributed by atoms with Gasteiger partial charge in [-0.3, -0.25) is 14.4 Å². The average molecular weight is 300 g/mol. The molecule has 20 heavy (non-hydrogen) atoms. The van der Waals surface area contributed by atoms with Gasteiger partial charge in [-0.05, 0) is 32.9 Å². The first kappa shape index (κ1) is 17.2. The lowest BCUT2D eigenvalue weighted by Crippen LogP contribution is -2.54. The topological polar surface area (TPSA) is 38.1 Å². The number of nitrogens with zero attached hydrogens (tertiary/aromatic N) is 3. The summed E-state index contributed by atoms with van der Waals surface area (Å²) in [5.74, 6) is 0.0931. The van der Waals surface area contributed by atoms with E-state index in [9.17, 15) is 4.79 Å². The van der Waals surface area contributed by atoms with Gasteiger partial charge in [-0.25, -0.2) is 0 Å². The maximum atomic E-state index is 13.2. The van der Waals surface area contributed by atoms with E-state index in [1.807, 2.05) is 6.92 Å². The first-order valence-electron chi connectivity index (χ1n) is 7.53. The van der Waals surface area contributed by atoms with Crippen molar-refractivity contribution in [2.75, 3.05) is 13.1 Å². The van der Waals surface area contributed by atoms with Gasteiger partial charge in [-0.15, -0.1) is 0 Å². The molecular formula is C15H26ClN3O. The highest BCUT2D eigenvalue weighted by atomic mass is 35.5. The zero-order valence-electron chi connectivity index (χ0n) is 13.2. The Kier molecular flexibility index (Phi) is 6.21. The minimum Gasteiger partial charge on any atom is -0.291 e. The Hall–Kier alpha value is -0.870. The number of hydrogen-bond acceptors (Lipinski definition) is 3. The van der Waals surface area contributed by atoms with E-state index in [1.165, 1.54) is 0 Å². The highest BCUT2D eigenvalue weighted by Crippen LogP contribution is 2.31. The molecule has 0 spiro atoms. The van der Waals surface area contributed by atoms with Crippen molar-refractivity contribution in [2.45, 2.75) is 59.5 Å². The number of aryl methyl sites for hydroxylation is 1. The molecule has 0 unspecified atom stereocenters. The molecule has 0 saturated carbocycles. The third-order valence-corrected chi connectivity index (χ3v) is 4.55. The van der Waals surface area contributed by atoms with Crippen molar-refractivity contribution < 1.29 is 4.79 Å². The van der Waals surface area contributed by atoms with Crippen LogP contribution in [0.3, 0.4) is 0 Å². The van der Waals surface area contributed by atoms with Gasteiger partial charge in [-0.1, -0.05) is 39.3 Å². The molecule has 0 aromatic carbocycles. The van der Waals surface area contributed by atoms with Gasteiger partial charge in [0, 0.05) is 6.54 Å². The van der Waals surface area contributed by atoms with Crippen molar-refractivity contribution in [1.82, 2.24) is 14.7 Å². The number of rotatable bonds is 8. The number of ketones is 1. The van der Waals surface area contributed by atoms with E-state index in [1.54, 1.807) is 10.9 Å². The quantitative estimate of drug-likeness (QED) is 0.688. The first-order valence-corrected chi connectivity index (χ1v) is 7.91. The molecule has 0 atom stereocenters. The molecule has 1 aromatic rings. The number of halogens is 1. The van der Waals surface area contributed by atoms with Crippen molar-refractivity contribution in [3.05, 3.63) is 16.9 Å². The van der Waals surface area contributed by atoms with Gasteiger partial charge in [0.05, 0.1) is 16.8 Å². The molecule has 114 valence electrons. The number of likely N-dealkylation sites (N-methyl/N-ethyl adjacent to an activating group) is 1. The predicted molar refractivity (Wildman–Crippen MR) is 83.5 cm³/mol. The van der Waals surface area contributed by atoms with Crippen molar-refractivity contribution in [1.29, 1.82) is 0 Å². The van der Waals surface area contributed by atoms with Gasteiger partial charge in [0.1, 0.15) is 5.69 Å². The summed E-state index contributed by atoms with van der Waals surface area (Å²) in [4.78, 5) is 15.4. The number of Topliss-reactive ketones (excluding diaryl/α,β-unsaturated/α-hetero) is 1. The highest BCUT2D eigenvalue weighted by molar-refractivity contribution is 6.34. The Bertz CT molecular complexity index is 448. The van der Waals surface area contributed by atoms with E-state index < -0.39 is 5.54 Å². The normalized spacial score (nSPS) is 12.2. The molecule has 1 heterocycles. The van der Waals surface area contributed by atoms with Crippen LogP contribution in [-0.4, -0.2) is 39.1 Å². The Morgan fingerprint density at radius 1 is 1.25 bits per heavy atom. The Balaban J connectivity index is 3.34. The van der Waals surface area contributed by atoms with Crippen molar-refractivity contribution >= 4 is 17.4 Å². The van der Waals surface area contributed by atoms with Gasteiger partial charge >= 0.3 is 0 Å². The summed E-state index contributed by atoms with van der Waals surface area (Å²) in [6.45, 7) is 12.6. The lowest BCUT2D eigenvalue weighted by molar-refractivity contribution is 0.0524. The minimum absolute atomic E-state index is 0.0931. The van der Waals surface area contributed by atoms with Gasteiger partial charge in [0.25, 0.3) is 0 Å². The van der Waals surface area contributed by atoms with E-state index >= 15 is 0 Å². The van der Waals surface area contributed by atoms with Crippen LogP contribution >= 0.6 is 11.6 Å². The van der Waals surface area contributed by atoms with Gasteiger partial charge < -0.3 is 0 Å². The van der Waals surface area contributed by atoms with Crippen LogP contribution in [0.15, 0.2) is 6.20 Å². The van der Waals surface area contributed by atoms with E-state index in [4.69, 9.17) is 11.6 Å². The van der Waals surface area contributed by atoms with Crippen LogP contribution in [0.4, 0.5) is 0 Å². The third-order valence-electron chi connectivity index (χ3n) is 4.27. The van der Waals surface area contributed by atoms with Crippen molar-refractivity contribution in [3.63, 3.8) is 0 Å². The second-order valence-electron chi connectivity index (χ2n) is 4.90. The SMILES string of the molecule is CCN(CC)C(CC)(CC)C(=O)c1c(Cl)cnn1CC. The van der Waals surface area contributed by atoms with Gasteiger partial charge in [0.2, 0.25) is 5.78 Å². The summed E-state index contributed by atoms with van der Waals surface area (Å²) >= 11 is 6.21. The number of carbonyl (C=O) groups excluding carboxylic acids is 1. The molecule has 0 aliphatic heterocycles. The fourth-order valence-electron chi connectivity index (χ4n) is 3.04. The fraction of sp³-hybridized carbons (Fsp3) is 0.733. The molecule has 0 saturated heterocycles. The van der Waals surface area contributed by atoms with E-state index in [2.05, 4.69) is 37.7 Å². The number of carbonyl (C=O) groups is 1. The maximum absolute atomic E-state index is 13.2. The molecule has 0 aliphatic carbocycles. The third kappa shape index (κ3) is 2.77. The van der Waals surface area contributed by atoms with E-state index in [0.717, 1.165) is 25.9 Å². The Morgan fingerprint density at radius 2 is 1.80 bits per heavy atom. The molecule has 0 aliphatic rings. The summed E-state index contributed by atoms with van der Waals surface area (Å²) in [5, 5.41) is 4.65. The fourth-order valence-corrected chi connectivity index (χ4v) is 3.27. The van der Waals surface area contributed by atoms with Crippen LogP contribution in [-0.2, 0) is 6.54 Å². The molecule has 1 aromatic heterocycles. The Labute approximate surface area is 127 Å². The molecule has 0 radical (unpaired) electrons. The number of hydrogen-bond donors (Lipinski definition) is 0. The highest BCUT2D eigenvalue weighted by Gasteiger charge is 2.42. The maximum Gasteiger partial charge on any atom is 0.202 e. The first-order chi connectivity index (χ1) is 9.52. The minimum atomic E-state index is -0.486. The lowest BCUT2D eigenvalue weighted by Gasteiger charge is -2.40. The molecule has 0 amide bonds. The average Bonchev–Trinajstić information content (AvgIpc) is 2.85. The molecule has 0 N–H and O–H groups in total. The van der Waals surface area contributed by atoms with Crippen LogP contribution < -0.4 is 0 Å². The second kappa shape index (κ2) is 7.23. The van der Waals surface area contributed by atoms with Crippen LogP contribution in [0.2, 0.25) is 5.02 Å². The largest absolute Gasteiger partial charge is 0.291 e. The zero-order chi connectivity index (χ0) is 15.3. The van der Waals surface area contributed by atoms with E-state index in [0.29, 0.717) is 17.3 Å². The monoisotopic (exact) mass is 299 g/mol. The van der Waals surface area contributed by atoms with Gasteiger partial charge in [0.15, 0.2) is 0 Å². The predicted octanol–water partition coefficient (Wildman–Crippen LogP) is 3.64. The molecule has 4 nitrogen and oxygen atoms in total. The van der Waals surface area contributed by atoms with Crippen molar-refractivity contribution in [2.24, 2.45) is 0 Å². The molecule has 0 bridgehead atoms. The second-order valence-corrected chi connectivity index (χ2v) is 5.30. The van der Waals surface area contributed by atoms with Crippen LogP contribution in [0.5, 0.6) is 0 Å². The summed E-state index contributed by atoms with van der Waals surface area (Å²) in [6, 6.07) is 0. The van der Waals surface area contributed by atoms with Crippen molar-refractivity contribution in [3.8, 4) is 0 Å². The van der Waals surface area contributed by atoms with Crippen LogP contribution in [0.25, 0.3) is 0 Å². The summed E-state index contributed by atoms with van der Waals surface area (Å²) in [5.41, 5.74) is 0.0601. The smallest absolute Gasteiger partial charge is 0.202 e. The lowest BCUT2D eigenvalue weighted by atomic mass is 9.84. The molecular weight excluding hydrogens is 274 g/mol. The molecule has 1 rings (SSSR count). The van der Waals surface area contributed by atoms with Crippen LogP contribution in [0, 0.1) is 0 Å². The standard InChI is InChI=1S/C15H26ClN3O/c1-6-15(7-2,18(8-3)9-4)14(20)13-12(16)11-17-19(13)10-5/h11H,6-10H2,1-5H3. The van der Waals surface area contributed by atoms with E-state index in [-0.39, 0.29) is 5.78 Å². The number of aromatic nitrogens is 2. The Morgan fingerprint density at radius 3 is 2.20 bits per heavy atom. The van der Waals surface area contributed by atoms with Crippen LogP contribution in [0.1, 0.15) is 57.9 Å². The molecule has 5 heteroatoms. The molecule has 0 fully saturated rings. The summed E-state index contributed by atoms with van der Waals surface area (Å²) < 4.78 is 1.70. The summed E-state index contributed by atoms with van der Waals surface area (Å²) in [6.07, 6.45) is 3.11.